The van der Waals surface area contributed by atoms with E-state index in [1.54, 1.807) is 18.2 Å². The number of benzene rings is 1. The summed E-state index contributed by atoms with van der Waals surface area (Å²) in [5.41, 5.74) is 1.45. The third kappa shape index (κ3) is 2.48. The zero-order chi connectivity index (χ0) is 18.9. The van der Waals surface area contributed by atoms with Crippen molar-refractivity contribution in [3.05, 3.63) is 40.9 Å². The summed E-state index contributed by atoms with van der Waals surface area (Å²) in [6, 6.07) is 5.33. The number of hydrogen-bond donors (Lipinski definition) is 1. The molecule has 140 valence electrons. The Labute approximate surface area is 162 Å². The predicted molar refractivity (Wildman–Crippen MR) is 101 cm³/mol. The van der Waals surface area contributed by atoms with Crippen LogP contribution < -0.4 is 5.32 Å². The monoisotopic (exact) mass is 384 g/mol. The second-order valence-corrected chi connectivity index (χ2v) is 8.60. The number of amides is 3. The van der Waals surface area contributed by atoms with Crippen molar-refractivity contribution in [2.45, 2.75) is 19.8 Å². The lowest BCUT2D eigenvalue weighted by Crippen LogP contribution is -2.40. The van der Waals surface area contributed by atoms with Crippen LogP contribution in [0.5, 0.6) is 0 Å². The van der Waals surface area contributed by atoms with Crippen LogP contribution in [0.1, 0.15) is 18.4 Å². The predicted octanol–water partition coefficient (Wildman–Crippen LogP) is 3.03. The summed E-state index contributed by atoms with van der Waals surface area (Å²) in [6.45, 7) is 1.98. The van der Waals surface area contributed by atoms with Gasteiger partial charge in [-0.25, -0.2) is 0 Å². The van der Waals surface area contributed by atoms with Crippen LogP contribution in [0.4, 0.5) is 5.69 Å². The second kappa shape index (κ2) is 5.93. The average Bonchev–Trinajstić information content (AvgIpc) is 3.43. The van der Waals surface area contributed by atoms with Gasteiger partial charge in [0.05, 0.1) is 11.8 Å². The quantitative estimate of drug-likeness (QED) is 0.641. The Morgan fingerprint density at radius 3 is 2.41 bits per heavy atom. The number of halogens is 1. The first-order chi connectivity index (χ1) is 13.0. The highest BCUT2D eigenvalue weighted by atomic mass is 35.5. The first-order valence-electron chi connectivity index (χ1n) is 9.56. The van der Waals surface area contributed by atoms with E-state index in [0.717, 1.165) is 12.0 Å². The molecule has 5 nitrogen and oxygen atoms in total. The lowest BCUT2D eigenvalue weighted by molar-refractivity contribution is -0.140. The maximum Gasteiger partial charge on any atom is 0.233 e. The van der Waals surface area contributed by atoms with Crippen LogP contribution in [0.3, 0.4) is 0 Å². The van der Waals surface area contributed by atoms with Gasteiger partial charge in [-0.05, 0) is 54.7 Å². The van der Waals surface area contributed by atoms with Crippen LogP contribution >= 0.6 is 11.6 Å². The van der Waals surface area contributed by atoms with Crippen molar-refractivity contribution in [1.29, 1.82) is 0 Å². The van der Waals surface area contributed by atoms with Gasteiger partial charge in [0, 0.05) is 23.7 Å². The van der Waals surface area contributed by atoms with Gasteiger partial charge < -0.3 is 5.32 Å². The summed E-state index contributed by atoms with van der Waals surface area (Å²) in [5.74, 6) is 0.828. The van der Waals surface area contributed by atoms with Gasteiger partial charge in [0.25, 0.3) is 0 Å². The van der Waals surface area contributed by atoms with Crippen molar-refractivity contribution >= 4 is 35.0 Å². The molecule has 1 aliphatic heterocycles. The summed E-state index contributed by atoms with van der Waals surface area (Å²) in [6.07, 6.45) is 5.56. The Balaban J connectivity index is 1.26. The fourth-order valence-electron chi connectivity index (χ4n) is 5.41. The van der Waals surface area contributed by atoms with Crippen LogP contribution in [-0.2, 0) is 14.4 Å². The molecule has 2 bridgehead atoms. The standard InChI is InChI=1S/C21H21ClN2O3/c1-10-15(22)3-2-4-16(10)23-17(25)7-8-24-20(26)18-11-5-6-12(14-9-13(11)14)19(18)21(24)27/h2-6,11-14,18-19H,7-9H2,1H3,(H,23,25)/t11-,12-,13-,14-,18-,19+/m0/s1. The molecule has 2 saturated carbocycles. The Morgan fingerprint density at radius 2 is 1.78 bits per heavy atom. The molecule has 27 heavy (non-hydrogen) atoms. The first-order valence-corrected chi connectivity index (χ1v) is 9.93. The van der Waals surface area contributed by atoms with E-state index in [0.29, 0.717) is 22.5 Å². The van der Waals surface area contributed by atoms with E-state index in [1.165, 1.54) is 4.90 Å². The van der Waals surface area contributed by atoms with Crippen LogP contribution in [0, 0.1) is 42.4 Å². The molecule has 1 aromatic rings. The largest absolute Gasteiger partial charge is 0.326 e. The van der Waals surface area contributed by atoms with Crippen molar-refractivity contribution in [3.63, 3.8) is 0 Å². The van der Waals surface area contributed by atoms with Gasteiger partial charge in [-0.1, -0.05) is 29.8 Å². The molecule has 1 heterocycles. The van der Waals surface area contributed by atoms with E-state index in [9.17, 15) is 14.4 Å². The fourth-order valence-corrected chi connectivity index (χ4v) is 5.58. The number of imide groups is 1. The molecule has 0 aromatic heterocycles. The van der Waals surface area contributed by atoms with Crippen molar-refractivity contribution in [1.82, 2.24) is 4.90 Å². The van der Waals surface area contributed by atoms with Gasteiger partial charge >= 0.3 is 0 Å². The normalized spacial score (nSPS) is 35.3. The van der Waals surface area contributed by atoms with E-state index >= 15 is 0 Å². The molecule has 1 aromatic carbocycles. The second-order valence-electron chi connectivity index (χ2n) is 8.19. The number of anilines is 1. The van der Waals surface area contributed by atoms with Crippen molar-refractivity contribution < 1.29 is 14.4 Å². The number of carbonyl (C=O) groups excluding carboxylic acids is 3. The summed E-state index contributed by atoms with van der Waals surface area (Å²) < 4.78 is 0. The number of rotatable bonds is 4. The lowest BCUT2D eigenvalue weighted by atomic mass is 9.63. The molecule has 1 N–H and O–H groups in total. The van der Waals surface area contributed by atoms with E-state index in [1.807, 2.05) is 6.92 Å². The molecule has 5 aliphatic rings. The van der Waals surface area contributed by atoms with Gasteiger partial charge in [0.2, 0.25) is 17.7 Å². The van der Waals surface area contributed by atoms with Gasteiger partial charge in [-0.15, -0.1) is 0 Å². The molecule has 6 atom stereocenters. The Hall–Kier alpha value is -2.14. The zero-order valence-electron chi connectivity index (χ0n) is 15.0. The van der Waals surface area contributed by atoms with Crippen molar-refractivity contribution in [2.24, 2.45) is 35.5 Å². The third-order valence-electron chi connectivity index (χ3n) is 6.86. The Morgan fingerprint density at radius 1 is 1.15 bits per heavy atom. The number of likely N-dealkylation sites (tertiary alicyclic amines) is 1. The summed E-state index contributed by atoms with van der Waals surface area (Å²) in [4.78, 5) is 39.5. The molecular weight excluding hydrogens is 364 g/mol. The van der Waals surface area contributed by atoms with Gasteiger partial charge in [0.1, 0.15) is 0 Å². The number of carbonyl (C=O) groups is 3. The van der Waals surface area contributed by atoms with Crippen molar-refractivity contribution in [2.75, 3.05) is 11.9 Å². The fraction of sp³-hybridized carbons (Fsp3) is 0.476. The summed E-state index contributed by atoms with van der Waals surface area (Å²) >= 11 is 6.08. The van der Waals surface area contributed by atoms with Crippen LogP contribution in [0.25, 0.3) is 0 Å². The van der Waals surface area contributed by atoms with E-state index < -0.39 is 0 Å². The maximum absolute atomic E-state index is 12.9. The molecule has 0 spiro atoms. The molecule has 3 amide bonds. The third-order valence-corrected chi connectivity index (χ3v) is 7.27. The SMILES string of the molecule is Cc1c(Cl)cccc1NC(=O)CCN1C(=O)[C@@H]2[C@H]3C=C[C@@H]([C@@H]4C[C@@H]34)[C@@H]2C1=O. The minimum atomic E-state index is -0.222. The Kier molecular flexibility index (Phi) is 3.73. The molecule has 6 rings (SSSR count). The maximum atomic E-state index is 12.9. The lowest BCUT2D eigenvalue weighted by Gasteiger charge is -2.37. The minimum Gasteiger partial charge on any atom is -0.326 e. The molecular formula is C21H21ClN2O3. The smallest absolute Gasteiger partial charge is 0.233 e. The number of nitrogens with one attached hydrogen (secondary N) is 1. The van der Waals surface area contributed by atoms with E-state index in [-0.39, 0.29) is 54.4 Å². The first kappa shape index (κ1) is 17.0. The van der Waals surface area contributed by atoms with E-state index in [4.69, 9.17) is 11.6 Å². The summed E-state index contributed by atoms with van der Waals surface area (Å²) in [5, 5.41) is 3.41. The highest BCUT2D eigenvalue weighted by Gasteiger charge is 2.66. The molecule has 6 heteroatoms. The number of allylic oxidation sites excluding steroid dienone is 2. The molecule has 0 unspecified atom stereocenters. The topological polar surface area (TPSA) is 66.5 Å². The highest BCUT2D eigenvalue weighted by molar-refractivity contribution is 6.31. The number of nitrogens with zero attached hydrogens (tertiary/aromatic N) is 1. The Bertz CT molecular complexity index is 859. The van der Waals surface area contributed by atoms with Crippen LogP contribution in [0.2, 0.25) is 5.02 Å². The van der Waals surface area contributed by atoms with Crippen molar-refractivity contribution in [3.8, 4) is 0 Å². The highest BCUT2D eigenvalue weighted by Crippen LogP contribution is 2.65. The molecule has 4 aliphatic carbocycles. The van der Waals surface area contributed by atoms with Gasteiger partial charge in [0.15, 0.2) is 0 Å². The zero-order valence-corrected chi connectivity index (χ0v) is 15.8. The summed E-state index contributed by atoms with van der Waals surface area (Å²) in [7, 11) is 0. The number of hydrogen-bond acceptors (Lipinski definition) is 3. The average molecular weight is 385 g/mol. The van der Waals surface area contributed by atoms with Gasteiger partial charge in [-0.2, -0.15) is 0 Å². The molecule has 1 saturated heterocycles. The van der Waals surface area contributed by atoms with E-state index in [2.05, 4.69) is 17.5 Å². The minimum absolute atomic E-state index is 0.0820. The molecule has 0 radical (unpaired) electrons. The van der Waals surface area contributed by atoms with Gasteiger partial charge in [-0.3, -0.25) is 19.3 Å². The van der Waals surface area contributed by atoms with Crippen LogP contribution in [-0.4, -0.2) is 29.2 Å². The van der Waals surface area contributed by atoms with Crippen LogP contribution in [0.15, 0.2) is 30.4 Å². The molecule has 3 fully saturated rings.